The third kappa shape index (κ3) is 3.34. The zero-order valence-corrected chi connectivity index (χ0v) is 9.08. The molecule has 0 aromatic carbocycles. The molecule has 0 aliphatic rings. The van der Waals surface area contributed by atoms with E-state index in [2.05, 4.69) is 24.1 Å². The number of nitrogens with one attached hydrogen (secondary N) is 1. The first kappa shape index (κ1) is 11.0. The van der Waals surface area contributed by atoms with Crippen LogP contribution in [0.15, 0.2) is 18.3 Å². The molecule has 0 saturated heterocycles. The van der Waals surface area contributed by atoms with Crippen molar-refractivity contribution in [1.82, 2.24) is 10.3 Å². The standard InChI is InChI=1S/C11H18N2O/c1-4-12-8-9(2)14-11-6-5-7-13-10(11)3/h5-7,9,12H,4,8H2,1-3H3. The minimum Gasteiger partial charge on any atom is -0.487 e. The zero-order chi connectivity index (χ0) is 10.4. The number of pyridine rings is 1. The summed E-state index contributed by atoms with van der Waals surface area (Å²) in [6.45, 7) is 7.93. The lowest BCUT2D eigenvalue weighted by molar-refractivity contribution is 0.216. The van der Waals surface area contributed by atoms with Crippen molar-refractivity contribution in [2.45, 2.75) is 26.9 Å². The number of hydrogen-bond donors (Lipinski definition) is 1. The van der Waals surface area contributed by atoms with Gasteiger partial charge in [-0.25, -0.2) is 0 Å². The maximum Gasteiger partial charge on any atom is 0.140 e. The Morgan fingerprint density at radius 2 is 2.36 bits per heavy atom. The van der Waals surface area contributed by atoms with Crippen molar-refractivity contribution in [3.8, 4) is 5.75 Å². The van der Waals surface area contributed by atoms with Crippen molar-refractivity contribution in [1.29, 1.82) is 0 Å². The third-order valence-corrected chi connectivity index (χ3v) is 1.97. The normalized spacial score (nSPS) is 12.5. The van der Waals surface area contributed by atoms with Gasteiger partial charge in [-0.2, -0.15) is 0 Å². The fourth-order valence-electron chi connectivity index (χ4n) is 1.20. The Bertz CT molecular complexity index is 276. The maximum absolute atomic E-state index is 5.72. The van der Waals surface area contributed by atoms with Crippen LogP contribution in [0.4, 0.5) is 0 Å². The van der Waals surface area contributed by atoms with Gasteiger partial charge in [0.05, 0.1) is 5.69 Å². The van der Waals surface area contributed by atoms with Crippen molar-refractivity contribution in [3.63, 3.8) is 0 Å². The molecule has 0 spiro atoms. The molecule has 3 heteroatoms. The molecule has 1 atom stereocenters. The number of aryl methyl sites for hydroxylation is 1. The molecule has 0 bridgehead atoms. The quantitative estimate of drug-likeness (QED) is 0.775. The van der Waals surface area contributed by atoms with Gasteiger partial charge in [0, 0.05) is 12.7 Å². The molecule has 1 aromatic heterocycles. The fraction of sp³-hybridized carbons (Fsp3) is 0.545. The van der Waals surface area contributed by atoms with Gasteiger partial charge in [-0.15, -0.1) is 0 Å². The Hall–Kier alpha value is -1.09. The second-order valence-electron chi connectivity index (χ2n) is 3.32. The second-order valence-corrected chi connectivity index (χ2v) is 3.32. The fourth-order valence-corrected chi connectivity index (χ4v) is 1.20. The van der Waals surface area contributed by atoms with Gasteiger partial charge < -0.3 is 10.1 Å². The average molecular weight is 194 g/mol. The summed E-state index contributed by atoms with van der Waals surface area (Å²) in [6.07, 6.45) is 1.95. The highest BCUT2D eigenvalue weighted by Gasteiger charge is 2.05. The largest absolute Gasteiger partial charge is 0.487 e. The van der Waals surface area contributed by atoms with Crippen molar-refractivity contribution >= 4 is 0 Å². The first-order valence-corrected chi connectivity index (χ1v) is 5.03. The topological polar surface area (TPSA) is 34.1 Å². The molecular formula is C11H18N2O. The van der Waals surface area contributed by atoms with Gasteiger partial charge in [-0.05, 0) is 32.5 Å². The smallest absolute Gasteiger partial charge is 0.140 e. The van der Waals surface area contributed by atoms with Crippen molar-refractivity contribution in [2.75, 3.05) is 13.1 Å². The molecule has 0 radical (unpaired) electrons. The average Bonchev–Trinajstić information content (AvgIpc) is 2.18. The molecule has 3 nitrogen and oxygen atoms in total. The summed E-state index contributed by atoms with van der Waals surface area (Å²) in [4.78, 5) is 4.17. The Balaban J connectivity index is 2.47. The lowest BCUT2D eigenvalue weighted by Crippen LogP contribution is -2.28. The highest BCUT2D eigenvalue weighted by atomic mass is 16.5. The first-order chi connectivity index (χ1) is 6.74. The lowest BCUT2D eigenvalue weighted by atomic mass is 10.3. The van der Waals surface area contributed by atoms with E-state index in [0.29, 0.717) is 0 Å². The Kier molecular flexibility index (Phi) is 4.40. The highest BCUT2D eigenvalue weighted by molar-refractivity contribution is 5.25. The molecule has 0 fully saturated rings. The van der Waals surface area contributed by atoms with E-state index < -0.39 is 0 Å². The number of nitrogens with zero attached hydrogens (tertiary/aromatic N) is 1. The monoisotopic (exact) mass is 194 g/mol. The van der Waals surface area contributed by atoms with Crippen molar-refractivity contribution < 1.29 is 4.74 Å². The van der Waals surface area contributed by atoms with Gasteiger partial charge in [-0.3, -0.25) is 4.98 Å². The molecule has 1 N–H and O–H groups in total. The molecule has 78 valence electrons. The Morgan fingerprint density at radius 1 is 1.57 bits per heavy atom. The van der Waals surface area contributed by atoms with Crippen LogP contribution in [0, 0.1) is 6.92 Å². The summed E-state index contributed by atoms with van der Waals surface area (Å²) in [5.74, 6) is 0.873. The summed E-state index contributed by atoms with van der Waals surface area (Å²) in [6, 6.07) is 3.84. The van der Waals surface area contributed by atoms with E-state index in [9.17, 15) is 0 Å². The van der Waals surface area contributed by atoms with Crippen LogP contribution in [0.5, 0.6) is 5.75 Å². The van der Waals surface area contributed by atoms with E-state index in [0.717, 1.165) is 24.5 Å². The van der Waals surface area contributed by atoms with Crippen LogP contribution >= 0.6 is 0 Å². The molecule has 1 aromatic rings. The third-order valence-electron chi connectivity index (χ3n) is 1.97. The van der Waals surface area contributed by atoms with Gasteiger partial charge in [0.2, 0.25) is 0 Å². The lowest BCUT2D eigenvalue weighted by Gasteiger charge is -2.15. The van der Waals surface area contributed by atoms with Crippen LogP contribution in [0.1, 0.15) is 19.5 Å². The van der Waals surface area contributed by atoms with Crippen LogP contribution in [-0.2, 0) is 0 Å². The summed E-state index contributed by atoms with van der Waals surface area (Å²) in [7, 11) is 0. The minimum atomic E-state index is 0.179. The molecule has 1 unspecified atom stereocenters. The van der Waals surface area contributed by atoms with E-state index >= 15 is 0 Å². The van der Waals surface area contributed by atoms with Crippen LogP contribution in [0.3, 0.4) is 0 Å². The molecule has 0 aliphatic heterocycles. The van der Waals surface area contributed by atoms with E-state index in [4.69, 9.17) is 4.74 Å². The van der Waals surface area contributed by atoms with E-state index in [1.54, 1.807) is 6.20 Å². The summed E-state index contributed by atoms with van der Waals surface area (Å²) in [5.41, 5.74) is 0.941. The number of aromatic nitrogens is 1. The number of likely N-dealkylation sites (N-methyl/N-ethyl adjacent to an activating group) is 1. The minimum absolute atomic E-state index is 0.179. The molecule has 14 heavy (non-hydrogen) atoms. The summed E-state index contributed by atoms with van der Waals surface area (Å²) in [5, 5.41) is 3.24. The van der Waals surface area contributed by atoms with Crippen LogP contribution < -0.4 is 10.1 Å². The molecule has 1 heterocycles. The van der Waals surface area contributed by atoms with E-state index in [1.165, 1.54) is 0 Å². The van der Waals surface area contributed by atoms with Crippen LogP contribution in [0.2, 0.25) is 0 Å². The second kappa shape index (κ2) is 5.60. The first-order valence-electron chi connectivity index (χ1n) is 5.03. The van der Waals surface area contributed by atoms with Gasteiger partial charge in [-0.1, -0.05) is 6.92 Å². The molecule has 0 saturated carbocycles. The molecule has 0 aliphatic carbocycles. The SMILES string of the molecule is CCNCC(C)Oc1cccnc1C. The van der Waals surface area contributed by atoms with E-state index in [-0.39, 0.29) is 6.10 Å². The van der Waals surface area contributed by atoms with Crippen LogP contribution in [-0.4, -0.2) is 24.2 Å². The number of hydrogen-bond acceptors (Lipinski definition) is 3. The predicted molar refractivity (Wildman–Crippen MR) is 57.6 cm³/mol. The molecule has 1 rings (SSSR count). The van der Waals surface area contributed by atoms with Crippen molar-refractivity contribution in [2.24, 2.45) is 0 Å². The van der Waals surface area contributed by atoms with Gasteiger partial charge in [0.15, 0.2) is 0 Å². The van der Waals surface area contributed by atoms with Gasteiger partial charge >= 0.3 is 0 Å². The Labute approximate surface area is 85.5 Å². The molecule has 0 amide bonds. The van der Waals surface area contributed by atoms with Gasteiger partial charge in [0.25, 0.3) is 0 Å². The number of rotatable bonds is 5. The predicted octanol–water partition coefficient (Wildman–Crippen LogP) is 1.77. The van der Waals surface area contributed by atoms with E-state index in [1.807, 2.05) is 19.1 Å². The summed E-state index contributed by atoms with van der Waals surface area (Å²) >= 11 is 0. The maximum atomic E-state index is 5.72. The highest BCUT2D eigenvalue weighted by Crippen LogP contribution is 2.14. The zero-order valence-electron chi connectivity index (χ0n) is 9.08. The summed E-state index contributed by atoms with van der Waals surface area (Å²) < 4.78 is 5.72. The Morgan fingerprint density at radius 3 is 3.00 bits per heavy atom. The van der Waals surface area contributed by atoms with Crippen LogP contribution in [0.25, 0.3) is 0 Å². The molecular weight excluding hydrogens is 176 g/mol. The van der Waals surface area contributed by atoms with Gasteiger partial charge in [0.1, 0.15) is 11.9 Å². The van der Waals surface area contributed by atoms with Crippen molar-refractivity contribution in [3.05, 3.63) is 24.0 Å². The number of ether oxygens (including phenoxy) is 1.